The van der Waals surface area contributed by atoms with Crippen LogP contribution in [0.4, 0.5) is 11.4 Å². The van der Waals surface area contributed by atoms with Gasteiger partial charge in [-0.1, -0.05) is 60.7 Å². The lowest BCUT2D eigenvalue weighted by molar-refractivity contribution is -0.121. The third kappa shape index (κ3) is 3.08. The van der Waals surface area contributed by atoms with Crippen molar-refractivity contribution in [2.75, 3.05) is 30.7 Å². The number of benzene rings is 3. The molecule has 2 aliphatic heterocycles. The number of likely N-dealkylation sites (tertiary alicyclic amines) is 1. The molecule has 0 bridgehead atoms. The SMILES string of the molecule is Nc1cccc(CCN2CC[C@@H](C3(c4ccccc4)C(=O)Nc4ccccc43)C2)c1. The van der Waals surface area contributed by atoms with Gasteiger partial charge in [-0.05, 0) is 60.2 Å². The second-order valence-corrected chi connectivity index (χ2v) is 8.45. The number of amides is 1. The summed E-state index contributed by atoms with van der Waals surface area (Å²) in [6.45, 7) is 2.91. The number of rotatable bonds is 5. The first kappa shape index (κ1) is 18.9. The summed E-state index contributed by atoms with van der Waals surface area (Å²) in [6, 6.07) is 26.6. The molecule has 0 spiro atoms. The summed E-state index contributed by atoms with van der Waals surface area (Å²) in [5.74, 6) is 0.349. The molecule has 3 aromatic carbocycles. The van der Waals surface area contributed by atoms with E-state index >= 15 is 0 Å². The highest BCUT2D eigenvalue weighted by Crippen LogP contribution is 2.50. The van der Waals surface area contributed by atoms with Crippen LogP contribution in [0.5, 0.6) is 0 Å². The van der Waals surface area contributed by atoms with Crippen LogP contribution in [-0.4, -0.2) is 30.4 Å². The van der Waals surface area contributed by atoms with E-state index in [0.717, 1.165) is 55.0 Å². The van der Waals surface area contributed by atoms with Crippen LogP contribution in [0.2, 0.25) is 0 Å². The number of fused-ring (bicyclic) bond motifs is 1. The van der Waals surface area contributed by atoms with E-state index in [9.17, 15) is 4.79 Å². The lowest BCUT2D eigenvalue weighted by atomic mass is 9.66. The van der Waals surface area contributed by atoms with Crippen molar-refractivity contribution in [3.8, 4) is 0 Å². The molecule has 1 fully saturated rings. The molecule has 5 rings (SSSR count). The predicted octanol–water partition coefficient (Wildman–Crippen LogP) is 4.07. The van der Waals surface area contributed by atoms with Gasteiger partial charge < -0.3 is 16.0 Å². The number of nitrogens with one attached hydrogen (secondary N) is 1. The van der Waals surface area contributed by atoms with Crippen molar-refractivity contribution < 1.29 is 4.79 Å². The Labute approximate surface area is 177 Å². The molecule has 3 N–H and O–H groups in total. The summed E-state index contributed by atoms with van der Waals surface area (Å²) in [5, 5.41) is 3.17. The maximum absolute atomic E-state index is 13.5. The Morgan fingerprint density at radius 3 is 2.63 bits per heavy atom. The molecule has 4 nitrogen and oxygen atoms in total. The average Bonchev–Trinajstić information content (AvgIpc) is 3.35. The van der Waals surface area contributed by atoms with E-state index in [1.54, 1.807) is 0 Å². The number of hydrogen-bond acceptors (Lipinski definition) is 3. The van der Waals surface area contributed by atoms with Crippen molar-refractivity contribution in [1.29, 1.82) is 0 Å². The molecule has 4 heteroatoms. The van der Waals surface area contributed by atoms with Crippen molar-refractivity contribution >= 4 is 17.3 Å². The highest BCUT2D eigenvalue weighted by atomic mass is 16.2. The Bertz CT molecular complexity index is 1060. The number of para-hydroxylation sites is 1. The Morgan fingerprint density at radius 1 is 1.00 bits per heavy atom. The third-order valence-corrected chi connectivity index (χ3v) is 6.74. The number of nitrogens with zero attached hydrogens (tertiary/aromatic N) is 1. The second-order valence-electron chi connectivity index (χ2n) is 8.45. The third-order valence-electron chi connectivity index (χ3n) is 6.74. The number of nitrogens with two attached hydrogens (primary N) is 1. The van der Waals surface area contributed by atoms with Crippen LogP contribution >= 0.6 is 0 Å². The predicted molar refractivity (Wildman–Crippen MR) is 121 cm³/mol. The van der Waals surface area contributed by atoms with E-state index in [4.69, 9.17) is 5.73 Å². The van der Waals surface area contributed by atoms with E-state index in [1.165, 1.54) is 5.56 Å². The second kappa shape index (κ2) is 7.62. The number of carbonyl (C=O) groups excluding carboxylic acids is 1. The molecule has 152 valence electrons. The maximum atomic E-state index is 13.5. The molecule has 0 radical (unpaired) electrons. The summed E-state index contributed by atoms with van der Waals surface area (Å²) >= 11 is 0. The fourth-order valence-electron chi connectivity index (χ4n) is 5.33. The first-order valence-electron chi connectivity index (χ1n) is 10.7. The molecule has 0 saturated carbocycles. The molecular formula is C26H27N3O. The van der Waals surface area contributed by atoms with Crippen molar-refractivity contribution in [3.05, 3.63) is 95.6 Å². The van der Waals surface area contributed by atoms with E-state index < -0.39 is 5.41 Å². The van der Waals surface area contributed by atoms with Crippen molar-refractivity contribution in [2.24, 2.45) is 5.92 Å². The van der Waals surface area contributed by atoms with Gasteiger partial charge in [-0.25, -0.2) is 0 Å². The normalized spacial score (nSPS) is 23.3. The Morgan fingerprint density at radius 2 is 1.80 bits per heavy atom. The fraction of sp³-hybridized carbons (Fsp3) is 0.269. The molecule has 30 heavy (non-hydrogen) atoms. The summed E-state index contributed by atoms with van der Waals surface area (Å²) in [5.41, 5.74) is 10.5. The van der Waals surface area contributed by atoms with Gasteiger partial charge in [0.1, 0.15) is 5.41 Å². The summed E-state index contributed by atoms with van der Waals surface area (Å²) in [4.78, 5) is 16.0. The summed E-state index contributed by atoms with van der Waals surface area (Å²) in [6.07, 6.45) is 1.98. The van der Waals surface area contributed by atoms with E-state index in [1.807, 2.05) is 48.5 Å². The number of hydrogen-bond donors (Lipinski definition) is 2. The van der Waals surface area contributed by atoms with Crippen LogP contribution in [0.25, 0.3) is 0 Å². The van der Waals surface area contributed by atoms with Gasteiger partial charge in [-0.15, -0.1) is 0 Å². The number of anilines is 2. The molecule has 1 amide bonds. The first-order chi connectivity index (χ1) is 14.7. The van der Waals surface area contributed by atoms with Crippen molar-refractivity contribution in [1.82, 2.24) is 4.90 Å². The van der Waals surface area contributed by atoms with Gasteiger partial charge in [0.05, 0.1) is 0 Å². The van der Waals surface area contributed by atoms with E-state index in [-0.39, 0.29) is 11.8 Å². The zero-order valence-corrected chi connectivity index (χ0v) is 17.1. The minimum Gasteiger partial charge on any atom is -0.399 e. The van der Waals surface area contributed by atoms with Crippen molar-refractivity contribution in [3.63, 3.8) is 0 Å². The summed E-state index contributed by atoms with van der Waals surface area (Å²) in [7, 11) is 0. The Balaban J connectivity index is 1.44. The standard InChI is InChI=1S/C26H27N3O/c27-22-10-6-7-19(17-22)13-15-29-16-14-21(18-29)26(20-8-2-1-3-9-20)23-11-4-5-12-24(23)28-25(26)30/h1-12,17,21H,13-16,18,27H2,(H,28,30)/t21-,26?/m1/s1. The summed E-state index contributed by atoms with van der Waals surface area (Å²) < 4.78 is 0. The minimum absolute atomic E-state index is 0.109. The van der Waals surface area contributed by atoms with Gasteiger partial charge in [-0.3, -0.25) is 4.79 Å². The quantitative estimate of drug-likeness (QED) is 0.638. The van der Waals surface area contributed by atoms with Gasteiger partial charge >= 0.3 is 0 Å². The zero-order valence-electron chi connectivity index (χ0n) is 17.1. The molecule has 2 atom stereocenters. The van der Waals surface area contributed by atoms with Gasteiger partial charge in [0.25, 0.3) is 0 Å². The molecule has 0 aromatic heterocycles. The Kier molecular flexibility index (Phi) is 4.80. The average molecular weight is 398 g/mol. The molecule has 3 aromatic rings. The number of carbonyl (C=O) groups is 1. The van der Waals surface area contributed by atoms with Crippen molar-refractivity contribution in [2.45, 2.75) is 18.3 Å². The van der Waals surface area contributed by atoms with Gasteiger partial charge in [-0.2, -0.15) is 0 Å². The van der Waals surface area contributed by atoms with E-state index in [0.29, 0.717) is 0 Å². The molecule has 1 saturated heterocycles. The molecule has 2 aliphatic rings. The zero-order chi connectivity index (χ0) is 20.6. The molecule has 0 aliphatic carbocycles. The van der Waals surface area contributed by atoms with Crippen LogP contribution in [-0.2, 0) is 16.6 Å². The highest BCUT2D eigenvalue weighted by molar-refractivity contribution is 6.09. The lowest BCUT2D eigenvalue weighted by Crippen LogP contribution is -2.44. The van der Waals surface area contributed by atoms with Crippen LogP contribution < -0.4 is 11.1 Å². The van der Waals surface area contributed by atoms with Crippen LogP contribution in [0.1, 0.15) is 23.1 Å². The Hall–Kier alpha value is -3.11. The van der Waals surface area contributed by atoms with Gasteiger partial charge in [0.15, 0.2) is 0 Å². The highest BCUT2D eigenvalue weighted by Gasteiger charge is 2.54. The first-order valence-corrected chi connectivity index (χ1v) is 10.7. The minimum atomic E-state index is -0.621. The van der Waals surface area contributed by atoms with E-state index in [2.05, 4.69) is 40.5 Å². The largest absolute Gasteiger partial charge is 0.399 e. The molecule has 1 unspecified atom stereocenters. The molecular weight excluding hydrogens is 370 g/mol. The lowest BCUT2D eigenvalue weighted by Gasteiger charge is -2.34. The van der Waals surface area contributed by atoms with Crippen LogP contribution in [0, 0.1) is 5.92 Å². The van der Waals surface area contributed by atoms with Crippen LogP contribution in [0.3, 0.4) is 0 Å². The fourth-order valence-corrected chi connectivity index (χ4v) is 5.33. The monoisotopic (exact) mass is 397 g/mol. The number of nitrogen functional groups attached to an aromatic ring is 1. The maximum Gasteiger partial charge on any atom is 0.239 e. The topological polar surface area (TPSA) is 58.4 Å². The smallest absolute Gasteiger partial charge is 0.239 e. The van der Waals surface area contributed by atoms with Gasteiger partial charge in [0.2, 0.25) is 5.91 Å². The van der Waals surface area contributed by atoms with Gasteiger partial charge in [0, 0.05) is 24.5 Å². The molecule has 2 heterocycles. The van der Waals surface area contributed by atoms with Crippen LogP contribution in [0.15, 0.2) is 78.9 Å².